The van der Waals surface area contributed by atoms with Crippen LogP contribution < -0.4 is 0 Å². The number of carbonyl (C=O) groups is 1. The van der Waals surface area contributed by atoms with E-state index in [1.54, 1.807) is 0 Å². The summed E-state index contributed by atoms with van der Waals surface area (Å²) >= 11 is 13.3. The van der Waals surface area contributed by atoms with Crippen molar-refractivity contribution in [2.24, 2.45) is 0 Å². The first-order valence-electron chi connectivity index (χ1n) is 5.35. The van der Waals surface area contributed by atoms with Crippen LogP contribution in [0.1, 0.15) is 5.56 Å². The lowest BCUT2D eigenvalue weighted by atomic mass is 10.2. The van der Waals surface area contributed by atoms with Crippen LogP contribution in [0.3, 0.4) is 0 Å². The predicted octanol–water partition coefficient (Wildman–Crippen LogP) is 4.79. The molecule has 0 unspecified atom stereocenters. The van der Waals surface area contributed by atoms with Crippen molar-refractivity contribution in [3.05, 3.63) is 49.4 Å². The number of hydrogen-bond acceptors (Lipinski definition) is 7. The number of nitro groups is 1. The molecule has 2 rings (SSSR count). The monoisotopic (exact) mass is 364 g/mol. The van der Waals surface area contributed by atoms with Gasteiger partial charge in [0.25, 0.3) is 5.69 Å². The zero-order valence-electron chi connectivity index (χ0n) is 10.1. The van der Waals surface area contributed by atoms with Gasteiger partial charge in [0.2, 0.25) is 0 Å². The first-order valence-corrected chi connectivity index (χ1v) is 7.74. The zero-order chi connectivity index (χ0) is 15.4. The van der Waals surface area contributed by atoms with Crippen molar-refractivity contribution < 1.29 is 14.5 Å². The standard InChI is InChI=1S/C11H6Cl2N2O4S2/c12-8-9(13)20-10(14-8)21-11(16)19-5-6-1-3-7(4-2-6)15(17)18/h1-4H,5H2. The highest BCUT2D eigenvalue weighted by molar-refractivity contribution is 8.14. The van der Waals surface area contributed by atoms with E-state index < -0.39 is 10.2 Å². The summed E-state index contributed by atoms with van der Waals surface area (Å²) in [6.07, 6.45) is 0. The minimum absolute atomic E-state index is 0.0106. The second-order valence-corrected chi connectivity index (χ2v) is 6.75. The SMILES string of the molecule is O=C(OCc1ccc([N+](=O)[O-])cc1)Sc1nc(Cl)c(Cl)s1. The van der Waals surface area contributed by atoms with E-state index in [-0.39, 0.29) is 17.4 Å². The molecule has 0 atom stereocenters. The van der Waals surface area contributed by atoms with Gasteiger partial charge < -0.3 is 4.74 Å². The smallest absolute Gasteiger partial charge is 0.374 e. The predicted molar refractivity (Wildman–Crippen MR) is 81.3 cm³/mol. The molecule has 0 spiro atoms. The highest BCUT2D eigenvalue weighted by Crippen LogP contribution is 2.34. The number of hydrogen-bond donors (Lipinski definition) is 0. The molecule has 21 heavy (non-hydrogen) atoms. The summed E-state index contributed by atoms with van der Waals surface area (Å²) in [6, 6.07) is 5.73. The summed E-state index contributed by atoms with van der Waals surface area (Å²) in [4.78, 5) is 25.5. The molecule has 0 fully saturated rings. The highest BCUT2D eigenvalue weighted by Gasteiger charge is 2.13. The van der Waals surface area contributed by atoms with E-state index in [1.165, 1.54) is 24.3 Å². The number of non-ortho nitro benzene ring substituents is 1. The highest BCUT2D eigenvalue weighted by atomic mass is 35.5. The van der Waals surface area contributed by atoms with Gasteiger partial charge in [0.1, 0.15) is 10.9 Å². The Hall–Kier alpha value is -1.35. The fourth-order valence-corrected chi connectivity index (χ4v) is 3.40. The van der Waals surface area contributed by atoms with Gasteiger partial charge in [-0.05, 0) is 17.7 Å². The quantitative estimate of drug-likeness (QED) is 0.335. The zero-order valence-corrected chi connectivity index (χ0v) is 13.3. The molecular weight excluding hydrogens is 359 g/mol. The summed E-state index contributed by atoms with van der Waals surface area (Å²) in [5.41, 5.74) is 0.622. The molecule has 0 amide bonds. The second kappa shape index (κ2) is 7.08. The van der Waals surface area contributed by atoms with Crippen LogP contribution in [-0.4, -0.2) is 15.2 Å². The van der Waals surface area contributed by atoms with Crippen molar-refractivity contribution in [1.29, 1.82) is 0 Å². The van der Waals surface area contributed by atoms with Crippen LogP contribution in [-0.2, 0) is 11.3 Å². The molecular formula is C11H6Cl2N2O4S2. The number of nitro benzene ring substituents is 1. The van der Waals surface area contributed by atoms with Gasteiger partial charge in [0.05, 0.1) is 4.92 Å². The number of rotatable bonds is 4. The molecule has 0 bridgehead atoms. The average Bonchev–Trinajstić information content (AvgIpc) is 2.75. The fourth-order valence-electron chi connectivity index (χ4n) is 1.27. The Morgan fingerprint density at radius 2 is 2.05 bits per heavy atom. The van der Waals surface area contributed by atoms with Gasteiger partial charge in [-0.25, -0.2) is 9.78 Å². The lowest BCUT2D eigenvalue weighted by Gasteiger charge is -2.02. The minimum Gasteiger partial charge on any atom is -0.452 e. The number of carbonyl (C=O) groups excluding carboxylic acids is 1. The number of halogens is 2. The molecule has 1 heterocycles. The minimum atomic E-state index is -0.560. The van der Waals surface area contributed by atoms with Crippen LogP contribution in [0, 0.1) is 10.1 Å². The first kappa shape index (κ1) is 16.0. The Bertz CT molecular complexity index is 656. The van der Waals surface area contributed by atoms with Crippen molar-refractivity contribution in [2.75, 3.05) is 0 Å². The van der Waals surface area contributed by atoms with Gasteiger partial charge in [-0.2, -0.15) is 0 Å². The van der Waals surface area contributed by atoms with E-state index in [2.05, 4.69) is 4.98 Å². The Morgan fingerprint density at radius 1 is 1.38 bits per heavy atom. The molecule has 2 aromatic rings. The third kappa shape index (κ3) is 4.57. The van der Waals surface area contributed by atoms with Crippen LogP contribution in [0.25, 0.3) is 0 Å². The van der Waals surface area contributed by atoms with Gasteiger partial charge in [0.15, 0.2) is 9.49 Å². The molecule has 0 saturated carbocycles. The number of thioether (sulfide) groups is 1. The van der Waals surface area contributed by atoms with Crippen LogP contribution in [0.15, 0.2) is 28.6 Å². The molecule has 0 aliphatic rings. The normalized spacial score (nSPS) is 10.4. The summed E-state index contributed by atoms with van der Waals surface area (Å²) < 4.78 is 5.71. The third-order valence-corrected chi connectivity index (χ3v) is 4.78. The van der Waals surface area contributed by atoms with Crippen LogP contribution in [0.2, 0.25) is 9.49 Å². The molecule has 10 heteroatoms. The number of aromatic nitrogens is 1. The first-order chi connectivity index (χ1) is 9.95. The van der Waals surface area contributed by atoms with E-state index in [0.717, 1.165) is 23.1 Å². The maximum absolute atomic E-state index is 11.6. The molecule has 0 radical (unpaired) electrons. The van der Waals surface area contributed by atoms with Crippen LogP contribution >= 0.6 is 46.3 Å². The van der Waals surface area contributed by atoms with Crippen molar-refractivity contribution >= 4 is 57.3 Å². The topological polar surface area (TPSA) is 82.3 Å². The molecule has 110 valence electrons. The summed E-state index contributed by atoms with van der Waals surface area (Å²) in [5, 5.41) is 10.1. The van der Waals surface area contributed by atoms with Gasteiger partial charge in [-0.3, -0.25) is 10.1 Å². The van der Waals surface area contributed by atoms with Crippen molar-refractivity contribution in [3.8, 4) is 0 Å². The van der Waals surface area contributed by atoms with E-state index >= 15 is 0 Å². The molecule has 0 aliphatic heterocycles. The third-order valence-electron chi connectivity index (χ3n) is 2.20. The number of benzene rings is 1. The molecule has 1 aromatic carbocycles. The van der Waals surface area contributed by atoms with Crippen molar-refractivity contribution in [1.82, 2.24) is 4.98 Å². The molecule has 6 nitrogen and oxygen atoms in total. The Balaban J connectivity index is 1.87. The Morgan fingerprint density at radius 3 is 2.57 bits per heavy atom. The number of ether oxygens (including phenoxy) is 1. The average molecular weight is 365 g/mol. The molecule has 0 aliphatic carbocycles. The maximum Gasteiger partial charge on any atom is 0.374 e. The van der Waals surface area contributed by atoms with Crippen LogP contribution in [0.5, 0.6) is 0 Å². The van der Waals surface area contributed by atoms with E-state index in [4.69, 9.17) is 27.9 Å². The summed E-state index contributed by atoms with van der Waals surface area (Å²) in [7, 11) is 0. The Labute approximate surface area is 137 Å². The van der Waals surface area contributed by atoms with Gasteiger partial charge >= 0.3 is 5.30 Å². The molecule has 1 aromatic heterocycles. The van der Waals surface area contributed by atoms with E-state index in [9.17, 15) is 14.9 Å². The fraction of sp³-hybridized carbons (Fsp3) is 0.0909. The van der Waals surface area contributed by atoms with Crippen molar-refractivity contribution in [2.45, 2.75) is 10.9 Å². The lowest BCUT2D eigenvalue weighted by molar-refractivity contribution is -0.384. The maximum atomic E-state index is 11.6. The lowest BCUT2D eigenvalue weighted by Crippen LogP contribution is -1.98. The molecule has 0 N–H and O–H groups in total. The number of thiazole rings is 1. The summed E-state index contributed by atoms with van der Waals surface area (Å²) in [5.74, 6) is 0. The van der Waals surface area contributed by atoms with Gasteiger partial charge in [-0.1, -0.05) is 34.5 Å². The van der Waals surface area contributed by atoms with E-state index in [0.29, 0.717) is 14.2 Å². The largest absolute Gasteiger partial charge is 0.452 e. The summed E-state index contributed by atoms with van der Waals surface area (Å²) in [6.45, 7) is 0.0106. The number of nitrogens with zero attached hydrogens (tertiary/aromatic N) is 2. The van der Waals surface area contributed by atoms with Crippen molar-refractivity contribution in [3.63, 3.8) is 0 Å². The molecule has 0 saturated heterocycles. The Kier molecular flexibility index (Phi) is 5.40. The van der Waals surface area contributed by atoms with Gasteiger partial charge in [-0.15, -0.1) is 0 Å². The van der Waals surface area contributed by atoms with Crippen LogP contribution in [0.4, 0.5) is 10.5 Å². The van der Waals surface area contributed by atoms with Gasteiger partial charge in [0, 0.05) is 23.9 Å². The van der Waals surface area contributed by atoms with E-state index in [1.807, 2.05) is 0 Å². The second-order valence-electron chi connectivity index (χ2n) is 3.61.